The molecule has 1 N–H and O–H groups in total. The van der Waals surface area contributed by atoms with E-state index in [4.69, 9.17) is 21.4 Å². The first kappa shape index (κ1) is 16.3. The van der Waals surface area contributed by atoms with E-state index in [1.54, 1.807) is 6.07 Å². The minimum Gasteiger partial charge on any atom is -0.490 e. The number of rotatable bonds is 7. The van der Waals surface area contributed by atoms with Crippen LogP contribution in [0.1, 0.15) is 24.2 Å². The van der Waals surface area contributed by atoms with Crippen LogP contribution in [0.5, 0.6) is 5.75 Å². The molecular formula is C13H17BrClNO3. The number of carbonyl (C=O) groups is 1. The van der Waals surface area contributed by atoms with E-state index in [1.807, 2.05) is 0 Å². The molecule has 0 saturated carbocycles. The minimum atomic E-state index is -1.05. The van der Waals surface area contributed by atoms with Crippen LogP contribution in [0, 0.1) is 0 Å². The van der Waals surface area contributed by atoms with Crippen molar-refractivity contribution < 1.29 is 14.6 Å². The molecule has 0 atom stereocenters. The normalized spacial score (nSPS) is 10.8. The molecule has 1 rings (SSSR count). The average molecular weight is 351 g/mol. The summed E-state index contributed by atoms with van der Waals surface area (Å²) in [5, 5.41) is 9.51. The summed E-state index contributed by atoms with van der Waals surface area (Å²) >= 11 is 9.12. The van der Waals surface area contributed by atoms with E-state index in [1.165, 1.54) is 6.07 Å². The number of carboxylic acids is 1. The molecule has 0 aliphatic carbocycles. The Morgan fingerprint density at radius 1 is 1.42 bits per heavy atom. The molecule has 1 aromatic rings. The molecule has 0 saturated heterocycles. The van der Waals surface area contributed by atoms with Crippen molar-refractivity contribution in [1.29, 1.82) is 0 Å². The Balaban J connectivity index is 2.80. The summed E-state index contributed by atoms with van der Waals surface area (Å²) < 4.78 is 6.14. The average Bonchev–Trinajstić information content (AvgIpc) is 2.36. The molecule has 4 nitrogen and oxygen atoms in total. The molecule has 19 heavy (non-hydrogen) atoms. The summed E-state index contributed by atoms with van der Waals surface area (Å²) in [6, 6.07) is 3.02. The van der Waals surface area contributed by atoms with Crippen LogP contribution < -0.4 is 4.74 Å². The number of aromatic carboxylic acids is 1. The second kappa shape index (κ2) is 7.72. The lowest BCUT2D eigenvalue weighted by atomic mass is 10.2. The highest BCUT2D eigenvalue weighted by Crippen LogP contribution is 2.32. The van der Waals surface area contributed by atoms with Gasteiger partial charge in [0.1, 0.15) is 17.9 Å². The number of hydrogen-bond acceptors (Lipinski definition) is 3. The summed E-state index contributed by atoms with van der Waals surface area (Å²) in [6.07, 6.45) is 0. The largest absolute Gasteiger partial charge is 0.490 e. The predicted octanol–water partition coefficient (Wildman–Crippen LogP) is 3.52. The molecule has 0 aliphatic rings. The lowest BCUT2D eigenvalue weighted by Crippen LogP contribution is -2.28. The number of halogens is 2. The maximum atomic E-state index is 11.2. The van der Waals surface area contributed by atoms with Gasteiger partial charge in [-0.1, -0.05) is 25.4 Å². The van der Waals surface area contributed by atoms with Crippen molar-refractivity contribution in [2.75, 3.05) is 26.2 Å². The standard InChI is InChI=1S/C13H17BrClNO3/c1-3-16(4-2)5-6-19-12-10(13(17)18)7-9(15)8-11(12)14/h7-8H,3-6H2,1-2H3,(H,17,18). The molecule has 0 spiro atoms. The first-order valence-corrected chi connectivity index (χ1v) is 7.24. The number of benzene rings is 1. The Kier molecular flexibility index (Phi) is 6.62. The lowest BCUT2D eigenvalue weighted by Gasteiger charge is -2.19. The van der Waals surface area contributed by atoms with Gasteiger partial charge in [0.15, 0.2) is 0 Å². The van der Waals surface area contributed by atoms with E-state index in [9.17, 15) is 4.79 Å². The van der Waals surface area contributed by atoms with Gasteiger partial charge in [-0.3, -0.25) is 0 Å². The fraction of sp³-hybridized carbons (Fsp3) is 0.462. The number of likely N-dealkylation sites (N-methyl/N-ethyl adjacent to an activating group) is 1. The van der Waals surface area contributed by atoms with Crippen LogP contribution in [0.2, 0.25) is 5.02 Å². The first-order valence-electron chi connectivity index (χ1n) is 6.07. The third-order valence-electron chi connectivity index (χ3n) is 2.79. The van der Waals surface area contributed by atoms with Crippen molar-refractivity contribution in [2.45, 2.75) is 13.8 Å². The Bertz CT molecular complexity index is 450. The van der Waals surface area contributed by atoms with Gasteiger partial charge in [-0.15, -0.1) is 0 Å². The zero-order valence-corrected chi connectivity index (χ0v) is 13.3. The summed E-state index contributed by atoms with van der Waals surface area (Å²) in [5.74, 6) is -0.731. The molecule has 106 valence electrons. The van der Waals surface area contributed by atoms with E-state index in [0.29, 0.717) is 21.9 Å². The molecular weight excluding hydrogens is 334 g/mol. The maximum absolute atomic E-state index is 11.2. The van der Waals surface area contributed by atoms with Gasteiger partial charge in [-0.05, 0) is 41.2 Å². The van der Waals surface area contributed by atoms with Gasteiger partial charge in [-0.2, -0.15) is 0 Å². The van der Waals surface area contributed by atoms with E-state index < -0.39 is 5.97 Å². The molecule has 0 radical (unpaired) electrons. The monoisotopic (exact) mass is 349 g/mol. The van der Waals surface area contributed by atoms with Crippen molar-refractivity contribution in [3.8, 4) is 5.75 Å². The summed E-state index contributed by atoms with van der Waals surface area (Å²) in [7, 11) is 0. The fourth-order valence-corrected chi connectivity index (χ4v) is 2.61. The number of nitrogens with zero attached hydrogens (tertiary/aromatic N) is 1. The molecule has 0 fully saturated rings. The lowest BCUT2D eigenvalue weighted by molar-refractivity contribution is 0.0691. The summed E-state index contributed by atoms with van der Waals surface area (Å²) in [4.78, 5) is 13.4. The van der Waals surface area contributed by atoms with Crippen LogP contribution in [0.15, 0.2) is 16.6 Å². The maximum Gasteiger partial charge on any atom is 0.339 e. The van der Waals surface area contributed by atoms with E-state index in [2.05, 4.69) is 34.7 Å². The molecule has 0 heterocycles. The van der Waals surface area contributed by atoms with E-state index in [0.717, 1.165) is 19.6 Å². The van der Waals surface area contributed by atoms with Crippen LogP contribution >= 0.6 is 27.5 Å². The van der Waals surface area contributed by atoms with Crippen LogP contribution in [0.4, 0.5) is 0 Å². The molecule has 0 aliphatic heterocycles. The topological polar surface area (TPSA) is 49.8 Å². The molecule has 6 heteroatoms. The molecule has 0 unspecified atom stereocenters. The Morgan fingerprint density at radius 2 is 2.05 bits per heavy atom. The Labute approximate surface area is 126 Å². The fourth-order valence-electron chi connectivity index (χ4n) is 1.68. The van der Waals surface area contributed by atoms with Crippen LogP contribution in [-0.4, -0.2) is 42.2 Å². The van der Waals surface area contributed by atoms with Crippen molar-refractivity contribution >= 4 is 33.5 Å². The van der Waals surface area contributed by atoms with Gasteiger partial charge < -0.3 is 14.7 Å². The number of hydrogen-bond donors (Lipinski definition) is 1. The smallest absolute Gasteiger partial charge is 0.339 e. The predicted molar refractivity (Wildman–Crippen MR) is 79.4 cm³/mol. The van der Waals surface area contributed by atoms with E-state index in [-0.39, 0.29) is 5.56 Å². The number of carboxylic acid groups (broad SMARTS) is 1. The zero-order valence-electron chi connectivity index (χ0n) is 10.9. The highest BCUT2D eigenvalue weighted by molar-refractivity contribution is 9.10. The first-order chi connectivity index (χ1) is 8.99. The van der Waals surface area contributed by atoms with Crippen molar-refractivity contribution in [3.05, 3.63) is 27.2 Å². The van der Waals surface area contributed by atoms with Gasteiger partial charge in [0.25, 0.3) is 0 Å². The van der Waals surface area contributed by atoms with Gasteiger partial charge in [0.05, 0.1) is 4.47 Å². The van der Waals surface area contributed by atoms with Crippen LogP contribution in [-0.2, 0) is 0 Å². The second-order valence-electron chi connectivity index (χ2n) is 3.94. The quantitative estimate of drug-likeness (QED) is 0.817. The Hall–Kier alpha value is -0.780. The van der Waals surface area contributed by atoms with E-state index >= 15 is 0 Å². The van der Waals surface area contributed by atoms with Crippen LogP contribution in [0.3, 0.4) is 0 Å². The number of ether oxygens (including phenoxy) is 1. The third-order valence-corrected chi connectivity index (χ3v) is 3.59. The van der Waals surface area contributed by atoms with Gasteiger partial charge >= 0.3 is 5.97 Å². The van der Waals surface area contributed by atoms with Crippen LogP contribution in [0.25, 0.3) is 0 Å². The highest BCUT2D eigenvalue weighted by atomic mass is 79.9. The highest BCUT2D eigenvalue weighted by Gasteiger charge is 2.16. The Morgan fingerprint density at radius 3 is 2.58 bits per heavy atom. The molecule has 0 amide bonds. The van der Waals surface area contributed by atoms with Gasteiger partial charge in [0, 0.05) is 11.6 Å². The zero-order chi connectivity index (χ0) is 14.4. The van der Waals surface area contributed by atoms with Crippen molar-refractivity contribution in [3.63, 3.8) is 0 Å². The van der Waals surface area contributed by atoms with Crippen molar-refractivity contribution in [2.24, 2.45) is 0 Å². The summed E-state index contributed by atoms with van der Waals surface area (Å²) in [6.45, 7) is 7.21. The molecule has 0 aromatic heterocycles. The SMILES string of the molecule is CCN(CC)CCOc1c(Br)cc(Cl)cc1C(=O)O. The van der Waals surface area contributed by atoms with Gasteiger partial charge in [0.2, 0.25) is 0 Å². The summed E-state index contributed by atoms with van der Waals surface area (Å²) in [5.41, 5.74) is 0.0684. The third kappa shape index (κ3) is 4.67. The minimum absolute atomic E-state index is 0.0684. The second-order valence-corrected chi connectivity index (χ2v) is 5.24. The van der Waals surface area contributed by atoms with Crippen molar-refractivity contribution in [1.82, 2.24) is 4.90 Å². The molecule has 0 bridgehead atoms. The van der Waals surface area contributed by atoms with Gasteiger partial charge in [-0.25, -0.2) is 4.79 Å². The molecule has 1 aromatic carbocycles.